The van der Waals surface area contributed by atoms with Crippen LogP contribution in [0.25, 0.3) is 16.9 Å². The minimum absolute atomic E-state index is 0.176. The number of amides is 1. The van der Waals surface area contributed by atoms with Crippen molar-refractivity contribution in [3.63, 3.8) is 0 Å². The molecule has 0 radical (unpaired) electrons. The Morgan fingerprint density at radius 3 is 2.20 bits per heavy atom. The van der Waals surface area contributed by atoms with Crippen molar-refractivity contribution in [1.29, 1.82) is 0 Å². The van der Waals surface area contributed by atoms with Crippen LogP contribution in [0.1, 0.15) is 21.6 Å². The van der Waals surface area contributed by atoms with Crippen molar-refractivity contribution in [2.75, 3.05) is 7.05 Å². The molecule has 4 nitrogen and oxygen atoms in total. The zero-order valence-electron chi connectivity index (χ0n) is 16.9. The van der Waals surface area contributed by atoms with Gasteiger partial charge in [0.1, 0.15) is 11.5 Å². The van der Waals surface area contributed by atoms with Crippen LogP contribution in [0.5, 0.6) is 0 Å². The number of hydrogen-bond donors (Lipinski definition) is 0. The molecule has 0 saturated carbocycles. The molecule has 0 atom stereocenters. The summed E-state index contributed by atoms with van der Waals surface area (Å²) in [5, 5.41) is 4.77. The monoisotopic (exact) mass is 399 g/mol. The summed E-state index contributed by atoms with van der Waals surface area (Å²) in [6.45, 7) is 2.06. The zero-order chi connectivity index (χ0) is 21.1. The molecule has 150 valence electrons. The first-order chi connectivity index (χ1) is 14.6. The molecule has 0 aliphatic rings. The van der Waals surface area contributed by atoms with Gasteiger partial charge >= 0.3 is 0 Å². The lowest BCUT2D eigenvalue weighted by atomic mass is 10.0. The normalized spacial score (nSPS) is 10.8. The Balaban J connectivity index is 1.78. The van der Waals surface area contributed by atoms with Gasteiger partial charge in [-0.05, 0) is 25.1 Å². The molecule has 0 spiro atoms. The number of para-hydroxylation sites is 1. The van der Waals surface area contributed by atoms with Gasteiger partial charge in [-0.15, -0.1) is 0 Å². The fourth-order valence-corrected chi connectivity index (χ4v) is 3.52. The first kappa shape index (κ1) is 19.6. The topological polar surface area (TPSA) is 38.1 Å². The van der Waals surface area contributed by atoms with E-state index in [2.05, 4.69) is 0 Å². The van der Waals surface area contributed by atoms with Gasteiger partial charge in [0.05, 0.1) is 16.9 Å². The third kappa shape index (κ3) is 3.74. The van der Waals surface area contributed by atoms with Gasteiger partial charge in [-0.2, -0.15) is 5.10 Å². The second-order valence-corrected chi connectivity index (χ2v) is 7.18. The van der Waals surface area contributed by atoms with Crippen molar-refractivity contribution >= 4 is 5.91 Å². The van der Waals surface area contributed by atoms with Gasteiger partial charge in [0.15, 0.2) is 0 Å². The molecule has 0 fully saturated rings. The Morgan fingerprint density at radius 2 is 1.53 bits per heavy atom. The van der Waals surface area contributed by atoms with Crippen LogP contribution in [0.2, 0.25) is 0 Å². The standard InChI is InChI=1S/C25H22FN3O/c1-18-23(25(30)28(2)17-20-13-9-10-16-22(20)26)24(19-11-5-3-6-12-19)27-29(18)21-14-7-4-8-15-21/h3-16H,17H2,1-2H3. The molecule has 3 aromatic carbocycles. The lowest BCUT2D eigenvalue weighted by Gasteiger charge is -2.18. The minimum Gasteiger partial charge on any atom is -0.337 e. The second-order valence-electron chi connectivity index (χ2n) is 7.18. The maximum atomic E-state index is 14.1. The molecule has 4 rings (SSSR count). The van der Waals surface area contributed by atoms with Crippen LogP contribution in [0.15, 0.2) is 84.9 Å². The molecular formula is C25H22FN3O. The number of halogens is 1. The smallest absolute Gasteiger partial charge is 0.258 e. The Bertz CT molecular complexity index is 1170. The highest BCUT2D eigenvalue weighted by molar-refractivity contribution is 6.01. The molecule has 0 aliphatic heterocycles. The van der Waals surface area contributed by atoms with Gasteiger partial charge in [-0.3, -0.25) is 4.79 Å². The highest BCUT2D eigenvalue weighted by Crippen LogP contribution is 2.28. The van der Waals surface area contributed by atoms with Crippen LogP contribution in [0, 0.1) is 12.7 Å². The predicted octanol–water partition coefficient (Wildman–Crippen LogP) is 5.26. The van der Waals surface area contributed by atoms with E-state index in [1.807, 2.05) is 67.6 Å². The third-order valence-electron chi connectivity index (χ3n) is 5.09. The van der Waals surface area contributed by atoms with E-state index in [1.165, 1.54) is 11.0 Å². The number of hydrogen-bond acceptors (Lipinski definition) is 2. The number of carbonyl (C=O) groups excluding carboxylic acids is 1. The number of nitrogens with zero attached hydrogens (tertiary/aromatic N) is 3. The van der Waals surface area contributed by atoms with Gasteiger partial charge < -0.3 is 4.90 Å². The van der Waals surface area contributed by atoms with Crippen LogP contribution in [0.3, 0.4) is 0 Å². The zero-order valence-corrected chi connectivity index (χ0v) is 16.9. The number of benzene rings is 3. The van der Waals surface area contributed by atoms with Crippen molar-refractivity contribution in [3.8, 4) is 16.9 Å². The number of rotatable bonds is 5. The van der Waals surface area contributed by atoms with Crippen molar-refractivity contribution in [1.82, 2.24) is 14.7 Å². The number of carbonyl (C=O) groups is 1. The van der Waals surface area contributed by atoms with Crippen LogP contribution in [-0.2, 0) is 6.54 Å². The van der Waals surface area contributed by atoms with E-state index in [-0.39, 0.29) is 18.3 Å². The molecular weight excluding hydrogens is 377 g/mol. The lowest BCUT2D eigenvalue weighted by Crippen LogP contribution is -2.27. The Kier molecular flexibility index (Phi) is 5.44. The third-order valence-corrected chi connectivity index (χ3v) is 5.09. The second kappa shape index (κ2) is 8.33. The largest absolute Gasteiger partial charge is 0.337 e. The summed E-state index contributed by atoms with van der Waals surface area (Å²) in [6, 6.07) is 25.9. The molecule has 0 saturated heterocycles. The van der Waals surface area contributed by atoms with Gasteiger partial charge in [0.25, 0.3) is 5.91 Å². The molecule has 1 amide bonds. The molecule has 30 heavy (non-hydrogen) atoms. The molecule has 0 aliphatic carbocycles. The van der Waals surface area contributed by atoms with E-state index in [0.29, 0.717) is 16.8 Å². The Morgan fingerprint density at radius 1 is 0.933 bits per heavy atom. The molecule has 1 heterocycles. The maximum absolute atomic E-state index is 14.1. The molecule has 4 aromatic rings. The molecule has 1 aromatic heterocycles. The van der Waals surface area contributed by atoms with Crippen molar-refractivity contribution in [2.24, 2.45) is 0 Å². The quantitative estimate of drug-likeness (QED) is 0.459. The average Bonchev–Trinajstić information content (AvgIpc) is 3.13. The fourth-order valence-electron chi connectivity index (χ4n) is 3.52. The van der Waals surface area contributed by atoms with Crippen LogP contribution in [-0.4, -0.2) is 27.6 Å². The van der Waals surface area contributed by atoms with E-state index in [9.17, 15) is 9.18 Å². The highest BCUT2D eigenvalue weighted by atomic mass is 19.1. The van der Waals surface area contributed by atoms with Gasteiger partial charge in [-0.25, -0.2) is 9.07 Å². The van der Waals surface area contributed by atoms with Gasteiger partial charge in [0.2, 0.25) is 0 Å². The lowest BCUT2D eigenvalue weighted by molar-refractivity contribution is 0.0784. The number of aromatic nitrogens is 2. The SMILES string of the molecule is Cc1c(C(=O)N(C)Cc2ccccc2F)c(-c2ccccc2)nn1-c1ccccc1. The van der Waals surface area contributed by atoms with E-state index in [4.69, 9.17) is 5.10 Å². The molecule has 0 bridgehead atoms. The summed E-state index contributed by atoms with van der Waals surface area (Å²) < 4.78 is 15.9. The average molecular weight is 399 g/mol. The van der Waals surface area contributed by atoms with Crippen molar-refractivity contribution in [2.45, 2.75) is 13.5 Å². The van der Waals surface area contributed by atoms with Crippen LogP contribution in [0.4, 0.5) is 4.39 Å². The summed E-state index contributed by atoms with van der Waals surface area (Å²) in [4.78, 5) is 15.0. The maximum Gasteiger partial charge on any atom is 0.258 e. The van der Waals surface area contributed by atoms with E-state index in [1.54, 1.807) is 29.9 Å². The summed E-state index contributed by atoms with van der Waals surface area (Å²) >= 11 is 0. The van der Waals surface area contributed by atoms with Crippen LogP contribution >= 0.6 is 0 Å². The fraction of sp³-hybridized carbons (Fsp3) is 0.120. The minimum atomic E-state index is -0.322. The van der Waals surface area contributed by atoms with Gasteiger partial charge in [0, 0.05) is 24.7 Å². The molecule has 0 unspecified atom stereocenters. The van der Waals surface area contributed by atoms with Crippen molar-refractivity contribution in [3.05, 3.63) is 108 Å². The van der Waals surface area contributed by atoms with Gasteiger partial charge in [-0.1, -0.05) is 66.7 Å². The van der Waals surface area contributed by atoms with E-state index in [0.717, 1.165) is 16.9 Å². The first-order valence-electron chi connectivity index (χ1n) is 9.75. The van der Waals surface area contributed by atoms with E-state index < -0.39 is 0 Å². The predicted molar refractivity (Wildman–Crippen MR) is 116 cm³/mol. The summed E-state index contributed by atoms with van der Waals surface area (Å²) in [5.41, 5.74) is 4.08. The molecule has 5 heteroatoms. The van der Waals surface area contributed by atoms with E-state index >= 15 is 0 Å². The first-order valence-corrected chi connectivity index (χ1v) is 9.75. The Hall–Kier alpha value is -3.73. The molecule has 0 N–H and O–H groups in total. The van der Waals surface area contributed by atoms with Crippen LogP contribution < -0.4 is 0 Å². The summed E-state index contributed by atoms with van der Waals surface area (Å²) in [6.07, 6.45) is 0. The summed E-state index contributed by atoms with van der Waals surface area (Å²) in [7, 11) is 1.68. The Labute approximate surface area is 175 Å². The highest BCUT2D eigenvalue weighted by Gasteiger charge is 2.25. The van der Waals surface area contributed by atoms with Crippen molar-refractivity contribution < 1.29 is 9.18 Å². The summed E-state index contributed by atoms with van der Waals surface area (Å²) in [5.74, 6) is -0.520.